The Morgan fingerprint density at radius 2 is 2.18 bits per heavy atom. The zero-order valence-corrected chi connectivity index (χ0v) is 6.42. The molecule has 3 N–H and O–H groups in total. The number of amides is 2. The first-order valence-corrected chi connectivity index (χ1v) is 3.27. The number of nitrogens with two attached hydrogens (primary N) is 1. The lowest BCUT2D eigenvalue weighted by atomic mass is 10.3. The number of hydrogen-bond acceptors (Lipinski definition) is 3. The van der Waals surface area contributed by atoms with Crippen molar-refractivity contribution < 1.29 is 14.3 Å². The summed E-state index contributed by atoms with van der Waals surface area (Å²) in [6.07, 6.45) is 0.854. The van der Waals surface area contributed by atoms with Crippen LogP contribution in [0.15, 0.2) is 0 Å². The molecule has 0 saturated carbocycles. The molecule has 0 spiro atoms. The summed E-state index contributed by atoms with van der Waals surface area (Å²) in [6, 6.07) is -0.574. The Labute approximate surface area is 64.9 Å². The number of carbonyl (C=O) groups is 2. The zero-order valence-electron chi connectivity index (χ0n) is 6.42. The molecule has 0 radical (unpaired) electrons. The lowest BCUT2D eigenvalue weighted by Gasteiger charge is -1.99. The fraction of sp³-hybridized carbons (Fsp3) is 0.667. The maximum absolute atomic E-state index is 10.5. The second kappa shape index (κ2) is 5.52. The van der Waals surface area contributed by atoms with Crippen LogP contribution in [0.25, 0.3) is 0 Å². The Hall–Kier alpha value is -1.26. The van der Waals surface area contributed by atoms with Gasteiger partial charge in [0.25, 0.3) is 0 Å². The molecule has 5 nitrogen and oxygen atoms in total. The first-order chi connectivity index (χ1) is 5.16. The van der Waals surface area contributed by atoms with Gasteiger partial charge in [-0.2, -0.15) is 0 Å². The van der Waals surface area contributed by atoms with E-state index in [1.54, 1.807) is 0 Å². The minimum atomic E-state index is -0.574. The van der Waals surface area contributed by atoms with Crippen LogP contribution >= 0.6 is 0 Å². The third-order valence-electron chi connectivity index (χ3n) is 1.08. The number of rotatable bonds is 4. The SMILES string of the molecule is COC(=O)CCCNC(N)=O. The van der Waals surface area contributed by atoms with Crippen LogP contribution in [0.4, 0.5) is 4.79 Å². The van der Waals surface area contributed by atoms with E-state index in [4.69, 9.17) is 5.73 Å². The molecule has 0 aliphatic heterocycles. The third kappa shape index (κ3) is 6.63. The summed E-state index contributed by atoms with van der Waals surface area (Å²) in [5, 5.41) is 2.36. The summed E-state index contributed by atoms with van der Waals surface area (Å²) in [5.74, 6) is -0.281. The highest BCUT2D eigenvalue weighted by Gasteiger charge is 1.98. The summed E-state index contributed by atoms with van der Waals surface area (Å²) in [7, 11) is 1.32. The van der Waals surface area contributed by atoms with E-state index in [0.717, 1.165) is 0 Å². The van der Waals surface area contributed by atoms with Crippen LogP contribution in [0.3, 0.4) is 0 Å². The average Bonchev–Trinajstić information content (AvgIpc) is 1.97. The topological polar surface area (TPSA) is 81.4 Å². The molecule has 0 aromatic heterocycles. The summed E-state index contributed by atoms with van der Waals surface area (Å²) >= 11 is 0. The van der Waals surface area contributed by atoms with Gasteiger partial charge in [-0.05, 0) is 6.42 Å². The zero-order chi connectivity index (χ0) is 8.69. The normalized spacial score (nSPS) is 8.82. The predicted octanol–water partition coefficient (Wildman–Crippen LogP) is -0.392. The summed E-state index contributed by atoms with van der Waals surface area (Å²) in [4.78, 5) is 20.6. The van der Waals surface area contributed by atoms with Gasteiger partial charge in [0.05, 0.1) is 7.11 Å². The first kappa shape index (κ1) is 9.74. The van der Waals surface area contributed by atoms with E-state index in [1.807, 2.05) is 0 Å². The Kier molecular flexibility index (Phi) is 4.89. The van der Waals surface area contributed by atoms with Gasteiger partial charge in [0.15, 0.2) is 0 Å². The lowest BCUT2D eigenvalue weighted by molar-refractivity contribution is -0.140. The van der Waals surface area contributed by atoms with Crippen LogP contribution in [0.1, 0.15) is 12.8 Å². The summed E-state index contributed by atoms with van der Waals surface area (Å²) < 4.78 is 4.37. The molecule has 5 heteroatoms. The predicted molar refractivity (Wildman–Crippen MR) is 38.8 cm³/mol. The van der Waals surface area contributed by atoms with E-state index in [1.165, 1.54) is 7.11 Å². The van der Waals surface area contributed by atoms with Gasteiger partial charge in [-0.1, -0.05) is 0 Å². The van der Waals surface area contributed by atoms with Gasteiger partial charge < -0.3 is 15.8 Å². The van der Waals surface area contributed by atoms with Crippen molar-refractivity contribution in [1.82, 2.24) is 5.32 Å². The third-order valence-corrected chi connectivity index (χ3v) is 1.08. The Bertz CT molecular complexity index is 147. The molecule has 0 saturated heterocycles. The largest absolute Gasteiger partial charge is 0.469 e. The maximum Gasteiger partial charge on any atom is 0.312 e. The van der Waals surface area contributed by atoms with Gasteiger partial charge in [-0.3, -0.25) is 4.79 Å². The molecular formula is C6H12N2O3. The molecule has 0 aromatic rings. The van der Waals surface area contributed by atoms with E-state index in [-0.39, 0.29) is 5.97 Å². The van der Waals surface area contributed by atoms with Gasteiger partial charge in [0.2, 0.25) is 0 Å². The highest BCUT2D eigenvalue weighted by Crippen LogP contribution is 1.88. The van der Waals surface area contributed by atoms with Crippen molar-refractivity contribution >= 4 is 12.0 Å². The Morgan fingerprint density at radius 1 is 1.55 bits per heavy atom. The Morgan fingerprint density at radius 3 is 2.64 bits per heavy atom. The minimum Gasteiger partial charge on any atom is -0.469 e. The lowest BCUT2D eigenvalue weighted by Crippen LogP contribution is -2.30. The number of esters is 1. The maximum atomic E-state index is 10.5. The van der Waals surface area contributed by atoms with Crippen molar-refractivity contribution in [2.45, 2.75) is 12.8 Å². The quantitative estimate of drug-likeness (QED) is 0.434. The molecule has 11 heavy (non-hydrogen) atoms. The van der Waals surface area contributed by atoms with Crippen molar-refractivity contribution in [1.29, 1.82) is 0 Å². The van der Waals surface area contributed by atoms with Crippen LogP contribution in [0.5, 0.6) is 0 Å². The van der Waals surface area contributed by atoms with Crippen molar-refractivity contribution in [3.8, 4) is 0 Å². The molecule has 0 aliphatic carbocycles. The molecule has 0 unspecified atom stereocenters. The standard InChI is InChI=1S/C6H12N2O3/c1-11-5(9)3-2-4-8-6(7)10/h2-4H2,1H3,(H3,7,8,10). The van der Waals surface area contributed by atoms with E-state index < -0.39 is 6.03 Å². The first-order valence-electron chi connectivity index (χ1n) is 3.27. The number of nitrogens with one attached hydrogen (secondary N) is 1. The molecule has 0 fully saturated rings. The van der Waals surface area contributed by atoms with Gasteiger partial charge in [0, 0.05) is 13.0 Å². The molecule has 64 valence electrons. The Balaban J connectivity index is 3.14. The van der Waals surface area contributed by atoms with Crippen LogP contribution in [-0.4, -0.2) is 25.7 Å². The van der Waals surface area contributed by atoms with E-state index in [0.29, 0.717) is 19.4 Å². The second-order valence-electron chi connectivity index (χ2n) is 1.97. The van der Waals surface area contributed by atoms with Crippen LogP contribution in [-0.2, 0) is 9.53 Å². The molecule has 0 heterocycles. The molecule has 0 rings (SSSR count). The van der Waals surface area contributed by atoms with Crippen LogP contribution in [0, 0.1) is 0 Å². The highest BCUT2D eigenvalue weighted by molar-refractivity contribution is 5.72. The molecule has 0 aliphatic rings. The van der Waals surface area contributed by atoms with Crippen molar-refractivity contribution in [2.75, 3.05) is 13.7 Å². The number of hydrogen-bond donors (Lipinski definition) is 2. The van der Waals surface area contributed by atoms with Crippen molar-refractivity contribution in [3.05, 3.63) is 0 Å². The van der Waals surface area contributed by atoms with Crippen molar-refractivity contribution in [2.24, 2.45) is 5.73 Å². The number of carbonyl (C=O) groups excluding carboxylic acids is 2. The molecular weight excluding hydrogens is 148 g/mol. The van der Waals surface area contributed by atoms with Crippen LogP contribution in [0.2, 0.25) is 0 Å². The summed E-state index contributed by atoms with van der Waals surface area (Å²) in [6.45, 7) is 0.407. The van der Waals surface area contributed by atoms with E-state index >= 15 is 0 Å². The molecule has 0 atom stereocenters. The smallest absolute Gasteiger partial charge is 0.312 e. The summed E-state index contributed by atoms with van der Waals surface area (Å²) in [5.41, 5.74) is 4.78. The van der Waals surface area contributed by atoms with Gasteiger partial charge in [-0.25, -0.2) is 4.79 Å². The number of urea groups is 1. The van der Waals surface area contributed by atoms with E-state index in [2.05, 4.69) is 10.1 Å². The number of primary amides is 1. The highest BCUT2D eigenvalue weighted by atomic mass is 16.5. The molecule has 2 amide bonds. The van der Waals surface area contributed by atoms with Crippen LogP contribution < -0.4 is 11.1 Å². The van der Waals surface area contributed by atoms with Gasteiger partial charge >= 0.3 is 12.0 Å². The van der Waals surface area contributed by atoms with Gasteiger partial charge in [0.1, 0.15) is 0 Å². The average molecular weight is 160 g/mol. The minimum absolute atomic E-state index is 0.281. The molecule has 0 bridgehead atoms. The monoisotopic (exact) mass is 160 g/mol. The second-order valence-corrected chi connectivity index (χ2v) is 1.97. The van der Waals surface area contributed by atoms with Crippen molar-refractivity contribution in [3.63, 3.8) is 0 Å². The number of methoxy groups -OCH3 is 1. The molecule has 0 aromatic carbocycles. The van der Waals surface area contributed by atoms with E-state index in [9.17, 15) is 9.59 Å². The fourth-order valence-electron chi connectivity index (χ4n) is 0.546. The number of ether oxygens (including phenoxy) is 1. The fourth-order valence-corrected chi connectivity index (χ4v) is 0.546. The van der Waals surface area contributed by atoms with Gasteiger partial charge in [-0.15, -0.1) is 0 Å².